The van der Waals surface area contributed by atoms with Crippen LogP contribution in [0.4, 0.5) is 5.82 Å². The Kier molecular flexibility index (Phi) is 4.87. The zero-order valence-electron chi connectivity index (χ0n) is 11.0. The van der Waals surface area contributed by atoms with E-state index in [1.165, 1.54) is 7.11 Å². The highest BCUT2D eigenvalue weighted by molar-refractivity contribution is 9.10. The molecule has 0 saturated carbocycles. The van der Waals surface area contributed by atoms with Gasteiger partial charge in [-0.3, -0.25) is 10.7 Å². The number of nitrogens with zero attached hydrogens (tertiary/aromatic N) is 3. The third-order valence-electron chi connectivity index (χ3n) is 2.70. The molecule has 1 heterocycles. The summed E-state index contributed by atoms with van der Waals surface area (Å²) in [5, 5.41) is 17.4. The van der Waals surface area contributed by atoms with Gasteiger partial charge in [-0.05, 0) is 33.6 Å². The van der Waals surface area contributed by atoms with Crippen LogP contribution in [0.25, 0.3) is 11.1 Å². The van der Waals surface area contributed by atoms with Crippen molar-refractivity contribution >= 4 is 28.1 Å². The van der Waals surface area contributed by atoms with E-state index in [1.807, 2.05) is 17.6 Å². The summed E-state index contributed by atoms with van der Waals surface area (Å²) in [7, 11) is 1.51. The van der Waals surface area contributed by atoms with Crippen LogP contribution in [0.15, 0.2) is 39.8 Å². The number of rotatable bonds is 4. The van der Waals surface area contributed by atoms with Gasteiger partial charge >= 0.3 is 0 Å². The van der Waals surface area contributed by atoms with Crippen molar-refractivity contribution in [1.82, 2.24) is 10.5 Å². The normalized spacial score (nSPS) is 10.4. The maximum atomic E-state index is 8.84. The van der Waals surface area contributed by atoms with Gasteiger partial charge in [-0.25, -0.2) is 4.99 Å². The summed E-state index contributed by atoms with van der Waals surface area (Å²) < 4.78 is 5.81. The Hall–Kier alpha value is -2.43. The Bertz CT molecular complexity index is 708. The Morgan fingerprint density at radius 3 is 2.71 bits per heavy atom. The topological polar surface area (TPSA) is 90.5 Å². The number of nitriles is 1. The number of ether oxygens (including phenoxy) is 1. The first-order valence-electron chi connectivity index (χ1n) is 5.86. The van der Waals surface area contributed by atoms with Crippen LogP contribution in [0.1, 0.15) is 5.56 Å². The Balaban J connectivity index is 2.55. The molecule has 0 atom stereocenters. The number of nitrogens with one attached hydrogen (secondary N) is 1. The number of hydrogen-bond donors (Lipinski definition) is 2. The minimum Gasteiger partial charge on any atom is -0.481 e. The van der Waals surface area contributed by atoms with E-state index in [0.717, 1.165) is 17.5 Å². The van der Waals surface area contributed by atoms with Gasteiger partial charge < -0.3 is 4.74 Å². The number of aliphatic imine (C=N–C) groups is 1. The molecule has 2 aromatic rings. The monoisotopic (exact) mass is 346 g/mol. The van der Waals surface area contributed by atoms with E-state index in [1.54, 1.807) is 18.2 Å². The smallest absolute Gasteiger partial charge is 0.215 e. The predicted octanol–water partition coefficient (Wildman–Crippen LogP) is 3.03. The summed E-state index contributed by atoms with van der Waals surface area (Å²) in [5.41, 5.74) is 4.11. The number of benzene rings is 1. The molecular formula is C14H11BrN4O2. The Morgan fingerprint density at radius 2 is 2.14 bits per heavy atom. The van der Waals surface area contributed by atoms with Gasteiger partial charge in [0.2, 0.25) is 5.88 Å². The minimum absolute atomic E-state index is 0.357. The molecule has 0 saturated heterocycles. The fourth-order valence-corrected chi connectivity index (χ4v) is 2.24. The molecule has 7 heteroatoms. The summed E-state index contributed by atoms with van der Waals surface area (Å²) in [6.45, 7) is 0. The number of hydrogen-bond acceptors (Lipinski definition) is 5. The van der Waals surface area contributed by atoms with Gasteiger partial charge in [-0.15, -0.1) is 0 Å². The van der Waals surface area contributed by atoms with E-state index in [4.69, 9.17) is 15.2 Å². The van der Waals surface area contributed by atoms with Crippen molar-refractivity contribution in [2.45, 2.75) is 0 Å². The van der Waals surface area contributed by atoms with Crippen LogP contribution in [0, 0.1) is 11.3 Å². The van der Waals surface area contributed by atoms with E-state index in [-0.39, 0.29) is 0 Å². The van der Waals surface area contributed by atoms with Gasteiger partial charge in [0, 0.05) is 11.6 Å². The molecule has 1 aromatic heterocycles. The number of pyridine rings is 1. The number of methoxy groups -OCH3 is 1. The number of aromatic nitrogens is 1. The molecule has 2 rings (SSSR count). The summed E-state index contributed by atoms with van der Waals surface area (Å²) in [5.74, 6) is 0.748. The average Bonchev–Trinajstić information content (AvgIpc) is 2.54. The summed E-state index contributed by atoms with van der Waals surface area (Å²) in [6, 6.07) is 11.0. The van der Waals surface area contributed by atoms with Gasteiger partial charge in [-0.1, -0.05) is 12.1 Å². The SMILES string of the molecule is COc1cc(-c2ccc(C#N)cc2)c(Br)c(/N=C\NO)n1. The van der Waals surface area contributed by atoms with Crippen molar-refractivity contribution in [1.29, 1.82) is 5.26 Å². The maximum absolute atomic E-state index is 8.84. The fourth-order valence-electron chi connectivity index (χ4n) is 1.71. The van der Waals surface area contributed by atoms with Crippen molar-refractivity contribution in [3.63, 3.8) is 0 Å². The minimum atomic E-state index is 0.357. The molecule has 0 spiro atoms. The lowest BCUT2D eigenvalue weighted by molar-refractivity contribution is 0.240. The molecule has 0 bridgehead atoms. The van der Waals surface area contributed by atoms with Crippen molar-refractivity contribution in [3.8, 4) is 23.1 Å². The van der Waals surface area contributed by atoms with E-state index in [9.17, 15) is 0 Å². The molecule has 2 N–H and O–H groups in total. The maximum Gasteiger partial charge on any atom is 0.215 e. The number of hydroxylamine groups is 1. The van der Waals surface area contributed by atoms with Crippen molar-refractivity contribution < 1.29 is 9.94 Å². The molecule has 0 radical (unpaired) electrons. The van der Waals surface area contributed by atoms with Crippen molar-refractivity contribution in [2.75, 3.05) is 7.11 Å². The van der Waals surface area contributed by atoms with Crippen molar-refractivity contribution in [2.24, 2.45) is 4.99 Å². The lowest BCUT2D eigenvalue weighted by Crippen LogP contribution is -2.01. The molecule has 106 valence electrons. The van der Waals surface area contributed by atoms with Crippen LogP contribution in [-0.4, -0.2) is 23.6 Å². The number of halogens is 1. The van der Waals surface area contributed by atoms with Crippen LogP contribution in [0.2, 0.25) is 0 Å². The van der Waals surface area contributed by atoms with E-state index >= 15 is 0 Å². The highest BCUT2D eigenvalue weighted by atomic mass is 79.9. The lowest BCUT2D eigenvalue weighted by atomic mass is 10.1. The van der Waals surface area contributed by atoms with Gasteiger partial charge in [0.15, 0.2) is 5.82 Å². The Morgan fingerprint density at radius 1 is 1.43 bits per heavy atom. The van der Waals surface area contributed by atoms with Gasteiger partial charge in [0.1, 0.15) is 6.34 Å². The van der Waals surface area contributed by atoms with E-state index in [2.05, 4.69) is 32.0 Å². The van der Waals surface area contributed by atoms with Crippen LogP contribution in [-0.2, 0) is 0 Å². The second kappa shape index (κ2) is 6.83. The molecule has 0 aliphatic heterocycles. The second-order valence-electron chi connectivity index (χ2n) is 3.93. The Labute approximate surface area is 129 Å². The quantitative estimate of drug-likeness (QED) is 0.504. The molecule has 1 aromatic carbocycles. The molecule has 0 aliphatic rings. The average molecular weight is 347 g/mol. The van der Waals surface area contributed by atoms with Crippen LogP contribution in [0.3, 0.4) is 0 Å². The third kappa shape index (κ3) is 3.37. The molecular weight excluding hydrogens is 336 g/mol. The summed E-state index contributed by atoms with van der Waals surface area (Å²) >= 11 is 3.44. The van der Waals surface area contributed by atoms with Crippen LogP contribution < -0.4 is 10.2 Å². The van der Waals surface area contributed by atoms with E-state index < -0.39 is 0 Å². The molecule has 6 nitrogen and oxygen atoms in total. The molecule has 0 amide bonds. The summed E-state index contributed by atoms with van der Waals surface area (Å²) in [6.07, 6.45) is 1.11. The highest BCUT2D eigenvalue weighted by Gasteiger charge is 2.12. The van der Waals surface area contributed by atoms with Crippen LogP contribution in [0.5, 0.6) is 5.88 Å². The molecule has 21 heavy (non-hydrogen) atoms. The van der Waals surface area contributed by atoms with Crippen LogP contribution >= 0.6 is 15.9 Å². The van der Waals surface area contributed by atoms with Gasteiger partial charge in [0.25, 0.3) is 0 Å². The predicted molar refractivity (Wildman–Crippen MR) is 81.7 cm³/mol. The summed E-state index contributed by atoms with van der Waals surface area (Å²) in [4.78, 5) is 8.15. The third-order valence-corrected chi connectivity index (χ3v) is 3.48. The first-order valence-corrected chi connectivity index (χ1v) is 6.66. The zero-order chi connectivity index (χ0) is 15.2. The molecule has 0 aliphatic carbocycles. The van der Waals surface area contributed by atoms with Gasteiger partial charge in [-0.2, -0.15) is 10.2 Å². The lowest BCUT2D eigenvalue weighted by Gasteiger charge is -2.09. The first-order chi connectivity index (χ1) is 10.2. The van der Waals surface area contributed by atoms with E-state index in [0.29, 0.717) is 21.7 Å². The standard InChI is InChI=1S/C14H11BrN4O2/c1-21-12-6-11(10-4-2-9(7-16)3-5-10)13(15)14(19-12)17-8-18-20/h2-6,8,20H,1H3,(H,17,18,19). The second-order valence-corrected chi connectivity index (χ2v) is 4.72. The fraction of sp³-hybridized carbons (Fsp3) is 0.0714. The first kappa shape index (κ1) is 15.0. The molecule has 0 fully saturated rings. The molecule has 0 unspecified atom stereocenters. The van der Waals surface area contributed by atoms with Crippen molar-refractivity contribution in [3.05, 3.63) is 40.4 Å². The zero-order valence-corrected chi connectivity index (χ0v) is 12.6. The largest absolute Gasteiger partial charge is 0.481 e. The van der Waals surface area contributed by atoms with Gasteiger partial charge in [0.05, 0.1) is 23.2 Å². The highest BCUT2D eigenvalue weighted by Crippen LogP contribution is 2.37.